The molecule has 1 saturated heterocycles. The number of carbonyl (C=O) groups excluding carboxylic acids is 1. The zero-order valence-electron chi connectivity index (χ0n) is 11.9. The van der Waals surface area contributed by atoms with Crippen molar-refractivity contribution in [2.45, 2.75) is 25.9 Å². The predicted octanol–water partition coefficient (Wildman–Crippen LogP) is 2.55. The molecule has 0 bridgehead atoms. The third-order valence-electron chi connectivity index (χ3n) is 3.37. The normalized spacial score (nSPS) is 18.1. The van der Waals surface area contributed by atoms with E-state index in [0.717, 1.165) is 31.1 Å². The first-order valence-corrected chi connectivity index (χ1v) is 8.08. The molecule has 0 aromatic heterocycles. The summed E-state index contributed by atoms with van der Waals surface area (Å²) in [5.41, 5.74) is 1.20. The van der Waals surface area contributed by atoms with Crippen molar-refractivity contribution in [1.29, 1.82) is 0 Å². The summed E-state index contributed by atoms with van der Waals surface area (Å²) in [7, 11) is 0. The number of benzene rings is 1. The quantitative estimate of drug-likeness (QED) is 0.906. The molecule has 1 aliphatic heterocycles. The number of nitrogens with one attached hydrogen (secondary N) is 1. The summed E-state index contributed by atoms with van der Waals surface area (Å²) in [5, 5.41) is 3.42. The lowest BCUT2D eigenvalue weighted by molar-refractivity contribution is -0.132. The van der Waals surface area contributed by atoms with Crippen LogP contribution < -0.4 is 5.32 Å². The molecule has 1 amide bonds. The molecular formula is C15H23ClN2OS. The summed E-state index contributed by atoms with van der Waals surface area (Å²) in [5.74, 6) is 2.47. The largest absolute Gasteiger partial charge is 0.339 e. The summed E-state index contributed by atoms with van der Waals surface area (Å²) in [6, 6.07) is 10.5. The van der Waals surface area contributed by atoms with E-state index in [9.17, 15) is 4.79 Å². The van der Waals surface area contributed by atoms with Gasteiger partial charge in [-0.3, -0.25) is 4.79 Å². The van der Waals surface area contributed by atoms with Gasteiger partial charge in [-0.25, -0.2) is 0 Å². The molecule has 3 nitrogen and oxygen atoms in total. The lowest BCUT2D eigenvalue weighted by Gasteiger charge is -2.27. The van der Waals surface area contributed by atoms with Crippen LogP contribution >= 0.6 is 24.2 Å². The Morgan fingerprint density at radius 1 is 1.40 bits per heavy atom. The predicted molar refractivity (Wildman–Crippen MR) is 88.5 cm³/mol. The number of thioether (sulfide) groups is 1. The Morgan fingerprint density at radius 3 is 2.75 bits per heavy atom. The van der Waals surface area contributed by atoms with Gasteiger partial charge in [0.15, 0.2) is 0 Å². The van der Waals surface area contributed by atoms with Crippen LogP contribution in [0.5, 0.6) is 0 Å². The Bertz CT molecular complexity index is 396. The van der Waals surface area contributed by atoms with Crippen molar-refractivity contribution in [2.75, 3.05) is 24.6 Å². The van der Waals surface area contributed by atoms with Gasteiger partial charge >= 0.3 is 0 Å². The number of amides is 1. The second-order valence-corrected chi connectivity index (χ2v) is 5.97. The minimum Gasteiger partial charge on any atom is -0.339 e. The number of carbonyl (C=O) groups is 1. The smallest absolute Gasteiger partial charge is 0.224 e. The Labute approximate surface area is 131 Å². The Balaban J connectivity index is 0.00000200. The van der Waals surface area contributed by atoms with Crippen LogP contribution in [0.1, 0.15) is 18.9 Å². The van der Waals surface area contributed by atoms with Crippen molar-refractivity contribution in [3.63, 3.8) is 0 Å². The average molecular weight is 315 g/mol. The van der Waals surface area contributed by atoms with Crippen molar-refractivity contribution in [3.05, 3.63) is 35.9 Å². The summed E-state index contributed by atoms with van der Waals surface area (Å²) < 4.78 is 0. The monoisotopic (exact) mass is 314 g/mol. The number of nitrogens with zero attached hydrogens (tertiary/aromatic N) is 1. The minimum atomic E-state index is 0. The van der Waals surface area contributed by atoms with Gasteiger partial charge in [0.2, 0.25) is 5.91 Å². The van der Waals surface area contributed by atoms with Gasteiger partial charge in [0, 0.05) is 43.6 Å². The molecule has 0 spiro atoms. The van der Waals surface area contributed by atoms with Gasteiger partial charge in [0.25, 0.3) is 0 Å². The van der Waals surface area contributed by atoms with E-state index < -0.39 is 0 Å². The lowest BCUT2D eigenvalue weighted by atomic mass is 10.1. The second kappa shape index (κ2) is 9.27. The summed E-state index contributed by atoms with van der Waals surface area (Å²) in [6.45, 7) is 4.56. The van der Waals surface area contributed by atoms with E-state index in [1.165, 1.54) is 5.56 Å². The molecule has 1 heterocycles. The fourth-order valence-electron chi connectivity index (χ4n) is 2.27. The summed E-state index contributed by atoms with van der Waals surface area (Å²) in [6.07, 6.45) is 0.619. The standard InChI is InChI=1S/C15H22N2OS.ClH/c1-2-17(11-13-6-4-3-5-7-13)15(18)10-14-12-19-9-8-16-14;/h3-7,14,16H,2,8-12H2,1H3;1H. The molecule has 1 N–H and O–H groups in total. The highest BCUT2D eigenvalue weighted by Gasteiger charge is 2.20. The molecule has 20 heavy (non-hydrogen) atoms. The lowest BCUT2D eigenvalue weighted by Crippen LogP contribution is -2.42. The van der Waals surface area contributed by atoms with Crippen LogP contribution in [0.2, 0.25) is 0 Å². The Kier molecular flexibility index (Phi) is 8.04. The molecule has 0 saturated carbocycles. The van der Waals surface area contributed by atoms with E-state index in [4.69, 9.17) is 0 Å². The molecule has 1 fully saturated rings. The summed E-state index contributed by atoms with van der Waals surface area (Å²) in [4.78, 5) is 14.3. The van der Waals surface area contributed by atoms with Crippen molar-refractivity contribution in [2.24, 2.45) is 0 Å². The minimum absolute atomic E-state index is 0. The molecule has 0 radical (unpaired) electrons. The van der Waals surface area contributed by atoms with E-state index >= 15 is 0 Å². The zero-order valence-corrected chi connectivity index (χ0v) is 13.5. The Hall–Kier alpha value is -0.710. The molecular weight excluding hydrogens is 292 g/mol. The number of rotatable bonds is 5. The maximum atomic E-state index is 12.3. The third-order valence-corrected chi connectivity index (χ3v) is 4.50. The average Bonchev–Trinajstić information content (AvgIpc) is 2.47. The van der Waals surface area contributed by atoms with Crippen molar-refractivity contribution >= 4 is 30.1 Å². The van der Waals surface area contributed by atoms with Crippen molar-refractivity contribution in [1.82, 2.24) is 10.2 Å². The van der Waals surface area contributed by atoms with Gasteiger partial charge < -0.3 is 10.2 Å². The third kappa shape index (κ3) is 5.35. The van der Waals surface area contributed by atoms with Gasteiger partial charge in [-0.15, -0.1) is 12.4 Å². The number of hydrogen-bond donors (Lipinski definition) is 1. The molecule has 1 unspecified atom stereocenters. The molecule has 1 aliphatic rings. The second-order valence-electron chi connectivity index (χ2n) is 4.82. The molecule has 2 rings (SSSR count). The van der Waals surface area contributed by atoms with Crippen LogP contribution in [0.4, 0.5) is 0 Å². The van der Waals surface area contributed by atoms with Crippen LogP contribution in [0.15, 0.2) is 30.3 Å². The fraction of sp³-hybridized carbons (Fsp3) is 0.533. The van der Waals surface area contributed by atoms with Crippen molar-refractivity contribution < 1.29 is 4.79 Å². The summed E-state index contributed by atoms with van der Waals surface area (Å²) >= 11 is 1.94. The van der Waals surface area contributed by atoms with E-state index in [2.05, 4.69) is 17.4 Å². The fourth-order valence-corrected chi connectivity index (χ4v) is 3.22. The Morgan fingerprint density at radius 2 is 2.15 bits per heavy atom. The topological polar surface area (TPSA) is 32.3 Å². The molecule has 0 aliphatic carbocycles. The highest BCUT2D eigenvalue weighted by atomic mass is 35.5. The molecule has 1 atom stereocenters. The molecule has 1 aromatic carbocycles. The number of hydrogen-bond acceptors (Lipinski definition) is 3. The zero-order chi connectivity index (χ0) is 13.5. The highest BCUT2D eigenvalue weighted by Crippen LogP contribution is 2.13. The van der Waals surface area contributed by atoms with Crippen LogP contribution in [0.3, 0.4) is 0 Å². The van der Waals surface area contributed by atoms with Crippen LogP contribution in [-0.4, -0.2) is 41.4 Å². The van der Waals surface area contributed by atoms with E-state index in [-0.39, 0.29) is 18.3 Å². The maximum absolute atomic E-state index is 12.3. The molecule has 112 valence electrons. The first kappa shape index (κ1) is 17.3. The van der Waals surface area contributed by atoms with Gasteiger partial charge in [0.05, 0.1) is 0 Å². The number of halogens is 1. The van der Waals surface area contributed by atoms with Gasteiger partial charge in [-0.05, 0) is 12.5 Å². The van der Waals surface area contributed by atoms with E-state index in [1.807, 2.05) is 41.8 Å². The van der Waals surface area contributed by atoms with Gasteiger partial charge in [0.1, 0.15) is 0 Å². The van der Waals surface area contributed by atoms with E-state index in [0.29, 0.717) is 12.5 Å². The highest BCUT2D eigenvalue weighted by molar-refractivity contribution is 7.99. The SMILES string of the molecule is CCN(Cc1ccccc1)C(=O)CC1CSCCN1.Cl. The van der Waals surface area contributed by atoms with Crippen LogP contribution in [0, 0.1) is 0 Å². The van der Waals surface area contributed by atoms with Crippen LogP contribution in [0.25, 0.3) is 0 Å². The molecule has 1 aromatic rings. The van der Waals surface area contributed by atoms with Crippen LogP contribution in [-0.2, 0) is 11.3 Å². The first-order valence-electron chi connectivity index (χ1n) is 6.92. The van der Waals surface area contributed by atoms with Crippen molar-refractivity contribution in [3.8, 4) is 0 Å². The van der Waals surface area contributed by atoms with Gasteiger partial charge in [-0.2, -0.15) is 11.8 Å². The first-order chi connectivity index (χ1) is 9.29. The van der Waals surface area contributed by atoms with E-state index in [1.54, 1.807) is 0 Å². The maximum Gasteiger partial charge on any atom is 0.224 e. The molecule has 5 heteroatoms. The van der Waals surface area contributed by atoms with Gasteiger partial charge in [-0.1, -0.05) is 30.3 Å².